The van der Waals surface area contributed by atoms with Gasteiger partial charge in [-0.15, -0.1) is 0 Å². The molecule has 19 heavy (non-hydrogen) atoms. The third-order valence-electron chi connectivity index (χ3n) is 1.93. The second-order valence-corrected chi connectivity index (χ2v) is 5.25. The number of hydrogen-bond donors (Lipinski definition) is 0. The fourth-order valence-corrected chi connectivity index (χ4v) is 1.93. The van der Waals surface area contributed by atoms with Crippen LogP contribution in [0.3, 0.4) is 0 Å². The van der Waals surface area contributed by atoms with E-state index in [0.29, 0.717) is 10.6 Å². The fourth-order valence-electron chi connectivity index (χ4n) is 1.10. The predicted octanol–water partition coefficient (Wildman–Crippen LogP) is 0.827. The summed E-state index contributed by atoms with van der Waals surface area (Å²) in [5.41, 5.74) is 0. The van der Waals surface area contributed by atoms with Crippen LogP contribution in [0.25, 0.3) is 0 Å². The zero-order valence-electron chi connectivity index (χ0n) is 9.60. The molecule has 0 aliphatic rings. The van der Waals surface area contributed by atoms with Crippen LogP contribution in [0.4, 0.5) is 0 Å². The molecule has 2 rings (SSSR count). The molecule has 7 heteroatoms. The first kappa shape index (κ1) is 18.1. The summed E-state index contributed by atoms with van der Waals surface area (Å²) < 4.78 is 20.5. The number of hydrogen-bond acceptors (Lipinski definition) is 4. The van der Waals surface area contributed by atoms with Crippen LogP contribution >= 0.6 is 16.1 Å². The van der Waals surface area contributed by atoms with E-state index in [0.717, 1.165) is 0 Å². The molecule has 0 N–H and O–H groups in total. The largest absolute Gasteiger partial charge is 2.00 e. The first-order valence-corrected chi connectivity index (χ1v) is 7.35. The molecule has 4 nitrogen and oxygen atoms in total. The maximum Gasteiger partial charge on any atom is 2.00 e. The standard InChI is InChI=1S/2C6H5O2P.Cu/c2*7-9(8)6-4-2-1-3-5-6;/h2*1-5H;/q;;+2. The molecule has 0 amide bonds. The molecule has 0 aromatic heterocycles. The third-order valence-corrected chi connectivity index (χ3v) is 3.37. The van der Waals surface area contributed by atoms with Gasteiger partial charge in [-0.25, -0.2) is 0 Å². The van der Waals surface area contributed by atoms with Gasteiger partial charge in [0.15, 0.2) is 10.6 Å². The molecule has 2 unspecified atom stereocenters. The van der Waals surface area contributed by atoms with E-state index in [-0.39, 0.29) is 17.1 Å². The Bertz CT molecular complexity index is 470. The van der Waals surface area contributed by atoms with E-state index in [1.165, 1.54) is 0 Å². The van der Waals surface area contributed by atoms with Gasteiger partial charge >= 0.3 is 33.1 Å². The molecular formula is C12H10CuO4P2+2. The maximum absolute atomic E-state index is 10.2. The van der Waals surface area contributed by atoms with E-state index in [9.17, 15) is 18.9 Å². The molecule has 1 radical (unpaired) electrons. The van der Waals surface area contributed by atoms with Crippen molar-refractivity contribution in [2.24, 2.45) is 0 Å². The Hall–Kier alpha value is -0.921. The van der Waals surface area contributed by atoms with Gasteiger partial charge in [-0.1, -0.05) is 45.5 Å². The summed E-state index contributed by atoms with van der Waals surface area (Å²) in [4.78, 5) is 20.5. The minimum Gasteiger partial charge on any atom is -0.591 e. The van der Waals surface area contributed by atoms with Crippen LogP contribution in [-0.2, 0) is 26.2 Å². The quantitative estimate of drug-likeness (QED) is 0.597. The van der Waals surface area contributed by atoms with Gasteiger partial charge in [0.2, 0.25) is 0 Å². The second kappa shape index (κ2) is 9.94. The topological polar surface area (TPSA) is 80.3 Å². The molecule has 0 fully saturated rings. The molecule has 0 spiro atoms. The van der Waals surface area contributed by atoms with Crippen LogP contribution in [0, 0.1) is 0 Å². The number of rotatable bonds is 2. The van der Waals surface area contributed by atoms with E-state index >= 15 is 0 Å². The Balaban J connectivity index is 0.000000324. The molecule has 0 saturated carbocycles. The summed E-state index contributed by atoms with van der Waals surface area (Å²) in [5, 5.41) is 0.736. The van der Waals surface area contributed by atoms with Crippen molar-refractivity contribution >= 4 is 26.7 Å². The summed E-state index contributed by atoms with van der Waals surface area (Å²) in [6, 6.07) is 16.6. The van der Waals surface area contributed by atoms with Gasteiger partial charge in [0, 0.05) is 0 Å². The summed E-state index contributed by atoms with van der Waals surface area (Å²) in [5.74, 6) is 0. The maximum atomic E-state index is 10.2. The van der Waals surface area contributed by atoms with E-state index in [4.69, 9.17) is 0 Å². The third kappa shape index (κ3) is 7.29. The molecule has 2 aromatic rings. The predicted molar refractivity (Wildman–Crippen MR) is 67.4 cm³/mol. The van der Waals surface area contributed by atoms with Gasteiger partial charge in [0.05, 0.1) is 0 Å². The molecule has 0 aliphatic heterocycles. The molecule has 0 saturated heterocycles. The van der Waals surface area contributed by atoms with Gasteiger partial charge in [-0.2, -0.15) is 0 Å². The molecule has 2 atom stereocenters. The van der Waals surface area contributed by atoms with Crippen molar-refractivity contribution in [2.45, 2.75) is 0 Å². The van der Waals surface area contributed by atoms with Crippen molar-refractivity contribution in [3.8, 4) is 0 Å². The summed E-state index contributed by atoms with van der Waals surface area (Å²) in [6.07, 6.45) is 0. The van der Waals surface area contributed by atoms with Crippen LogP contribution in [0.5, 0.6) is 0 Å². The van der Waals surface area contributed by atoms with Crippen molar-refractivity contribution in [3.63, 3.8) is 0 Å². The van der Waals surface area contributed by atoms with Crippen LogP contribution in [-0.4, -0.2) is 0 Å². The summed E-state index contributed by atoms with van der Waals surface area (Å²) >= 11 is 0. The Morgan fingerprint density at radius 2 is 0.895 bits per heavy atom. The Morgan fingerprint density at radius 3 is 1.05 bits per heavy atom. The molecule has 0 heterocycles. The van der Waals surface area contributed by atoms with E-state index < -0.39 is 16.1 Å². The number of benzene rings is 2. The van der Waals surface area contributed by atoms with Gasteiger partial charge in [-0.05, 0) is 24.3 Å². The van der Waals surface area contributed by atoms with Crippen LogP contribution in [0.2, 0.25) is 0 Å². The molecule has 0 bridgehead atoms. The van der Waals surface area contributed by atoms with E-state index in [1.807, 2.05) is 0 Å². The Morgan fingerprint density at radius 1 is 0.632 bits per heavy atom. The van der Waals surface area contributed by atoms with Crippen LogP contribution < -0.4 is 20.4 Å². The first-order valence-electron chi connectivity index (χ1n) is 5.00. The molecule has 0 aliphatic carbocycles. The summed E-state index contributed by atoms with van der Waals surface area (Å²) in [6.45, 7) is 0. The zero-order chi connectivity index (χ0) is 13.4. The van der Waals surface area contributed by atoms with Crippen molar-refractivity contribution in [3.05, 3.63) is 60.7 Å². The average molecular weight is 344 g/mol. The molecule has 2 aromatic carbocycles. The minimum atomic E-state index is -2.40. The van der Waals surface area contributed by atoms with Gasteiger partial charge in [0.1, 0.15) is 0 Å². The summed E-state index contributed by atoms with van der Waals surface area (Å²) in [7, 11) is -4.79. The monoisotopic (exact) mass is 343 g/mol. The van der Waals surface area contributed by atoms with Crippen molar-refractivity contribution < 1.29 is 36.0 Å². The molecule has 101 valence electrons. The minimum absolute atomic E-state index is 0. The fraction of sp³-hybridized carbons (Fsp3) is 0. The van der Waals surface area contributed by atoms with Crippen molar-refractivity contribution in [1.82, 2.24) is 0 Å². The SMILES string of the molecule is O=[P+]([O-])c1ccccc1.O=[P+]([O-])c1ccccc1.[Cu+2]. The van der Waals surface area contributed by atoms with E-state index in [2.05, 4.69) is 0 Å². The van der Waals surface area contributed by atoms with Crippen molar-refractivity contribution in [2.75, 3.05) is 0 Å². The first-order chi connectivity index (χ1) is 8.61. The molecular weight excluding hydrogens is 334 g/mol. The Kier molecular flexibility index (Phi) is 9.46. The van der Waals surface area contributed by atoms with Crippen molar-refractivity contribution in [1.29, 1.82) is 0 Å². The van der Waals surface area contributed by atoms with Crippen LogP contribution in [0.1, 0.15) is 0 Å². The van der Waals surface area contributed by atoms with E-state index in [1.54, 1.807) is 60.7 Å². The Labute approximate surface area is 123 Å². The second-order valence-electron chi connectivity index (χ2n) is 3.19. The average Bonchev–Trinajstić information content (AvgIpc) is 2.41. The van der Waals surface area contributed by atoms with Gasteiger partial charge < -0.3 is 9.79 Å². The zero-order valence-corrected chi connectivity index (χ0v) is 12.3. The van der Waals surface area contributed by atoms with Gasteiger partial charge in [0.25, 0.3) is 0 Å². The van der Waals surface area contributed by atoms with Gasteiger partial charge in [-0.3, -0.25) is 0 Å². The normalized spacial score (nSPS) is 10.4. The smallest absolute Gasteiger partial charge is 0.591 e. The van der Waals surface area contributed by atoms with Crippen LogP contribution in [0.15, 0.2) is 60.7 Å².